The van der Waals surface area contributed by atoms with Crippen molar-refractivity contribution in [1.82, 2.24) is 20.4 Å². The van der Waals surface area contributed by atoms with Gasteiger partial charge in [0.25, 0.3) is 11.8 Å². The maximum Gasteiger partial charge on any atom is 0.253 e. The topological polar surface area (TPSA) is 149 Å². The number of imide groups is 1. The fraction of sp³-hybridized carbons (Fsp3) is 0.591. The van der Waals surface area contributed by atoms with Gasteiger partial charge in [0.1, 0.15) is 11.8 Å². The first kappa shape index (κ1) is 24.6. The molecule has 3 heterocycles. The predicted molar refractivity (Wildman–Crippen MR) is 115 cm³/mol. The number of carbonyl (C=O) groups excluding carboxylic acids is 5. The molecule has 1 fully saturated rings. The molecule has 3 N–H and O–H groups in total. The quantitative estimate of drug-likeness (QED) is 0.259. The number of hydrogen-bond donors (Lipinski definition) is 3. The molecule has 33 heavy (non-hydrogen) atoms. The molecule has 180 valence electrons. The van der Waals surface area contributed by atoms with E-state index in [0.29, 0.717) is 6.54 Å². The van der Waals surface area contributed by atoms with E-state index in [1.165, 1.54) is 29.2 Å². The maximum absolute atomic E-state index is 12.2. The average molecular weight is 463 g/mol. The SMILES string of the molecule is CC(C)(CNC(=O)CCN1C(=O)C=CC1=O)C1OC1(C)CNC(=O)CCN1C(=O)C=CC1O. The van der Waals surface area contributed by atoms with Crippen molar-refractivity contribution in [3.63, 3.8) is 0 Å². The highest BCUT2D eigenvalue weighted by atomic mass is 16.6. The molecule has 3 aliphatic heterocycles. The summed E-state index contributed by atoms with van der Waals surface area (Å²) in [4.78, 5) is 61.2. The molecular weight excluding hydrogens is 432 g/mol. The van der Waals surface area contributed by atoms with E-state index in [-0.39, 0.29) is 56.3 Å². The molecule has 0 aromatic rings. The fourth-order valence-electron chi connectivity index (χ4n) is 4.05. The Morgan fingerprint density at radius 1 is 1.03 bits per heavy atom. The maximum atomic E-state index is 12.2. The Kier molecular flexibility index (Phi) is 7.03. The number of rotatable bonds is 11. The number of hydrogen-bond acceptors (Lipinski definition) is 7. The van der Waals surface area contributed by atoms with Gasteiger partial charge in [-0.15, -0.1) is 0 Å². The number of aliphatic hydroxyl groups is 1. The highest BCUT2D eigenvalue weighted by molar-refractivity contribution is 6.13. The van der Waals surface area contributed by atoms with Gasteiger partial charge >= 0.3 is 0 Å². The van der Waals surface area contributed by atoms with Crippen molar-refractivity contribution in [1.29, 1.82) is 0 Å². The average Bonchev–Trinajstić information content (AvgIpc) is 3.22. The summed E-state index contributed by atoms with van der Waals surface area (Å²) in [5, 5.41) is 15.3. The van der Waals surface area contributed by atoms with Gasteiger partial charge in [-0.05, 0) is 13.0 Å². The molecule has 0 bridgehead atoms. The van der Waals surface area contributed by atoms with Crippen molar-refractivity contribution in [2.75, 3.05) is 26.2 Å². The van der Waals surface area contributed by atoms with Crippen LogP contribution in [-0.2, 0) is 28.7 Å². The molecule has 11 nitrogen and oxygen atoms in total. The first-order valence-electron chi connectivity index (χ1n) is 10.8. The van der Waals surface area contributed by atoms with E-state index in [2.05, 4.69) is 10.6 Å². The fourth-order valence-corrected chi connectivity index (χ4v) is 4.05. The molecule has 0 aromatic carbocycles. The normalized spacial score (nSPS) is 26.4. The Balaban J connectivity index is 1.36. The predicted octanol–water partition coefficient (Wildman–Crippen LogP) is -1.18. The monoisotopic (exact) mass is 462 g/mol. The van der Waals surface area contributed by atoms with Crippen molar-refractivity contribution in [3.05, 3.63) is 24.3 Å². The van der Waals surface area contributed by atoms with Crippen LogP contribution in [0.25, 0.3) is 0 Å². The van der Waals surface area contributed by atoms with Gasteiger partial charge in [-0.2, -0.15) is 0 Å². The van der Waals surface area contributed by atoms with E-state index >= 15 is 0 Å². The molecule has 1 saturated heterocycles. The Morgan fingerprint density at radius 2 is 1.64 bits per heavy atom. The molecule has 3 unspecified atom stereocenters. The summed E-state index contributed by atoms with van der Waals surface area (Å²) in [5.41, 5.74) is -1.01. The lowest BCUT2D eigenvalue weighted by Crippen LogP contribution is -2.43. The summed E-state index contributed by atoms with van der Waals surface area (Å²) in [5.74, 6) is -1.70. The van der Waals surface area contributed by atoms with Gasteiger partial charge < -0.3 is 25.4 Å². The van der Waals surface area contributed by atoms with Crippen molar-refractivity contribution >= 4 is 29.5 Å². The second kappa shape index (κ2) is 9.44. The molecule has 0 radical (unpaired) electrons. The largest absolute Gasteiger partial charge is 0.370 e. The Bertz CT molecular complexity index is 894. The summed E-state index contributed by atoms with van der Waals surface area (Å²) < 4.78 is 5.85. The minimum Gasteiger partial charge on any atom is -0.370 e. The highest BCUT2D eigenvalue weighted by Gasteiger charge is 2.59. The minimum absolute atomic E-state index is 0.0117. The van der Waals surface area contributed by atoms with E-state index < -0.39 is 29.1 Å². The van der Waals surface area contributed by atoms with Crippen LogP contribution in [0.3, 0.4) is 0 Å². The summed E-state index contributed by atoms with van der Waals surface area (Å²) in [6.07, 6.45) is 3.87. The van der Waals surface area contributed by atoms with Crippen LogP contribution in [0.5, 0.6) is 0 Å². The first-order chi connectivity index (χ1) is 15.4. The van der Waals surface area contributed by atoms with Crippen molar-refractivity contribution in [3.8, 4) is 0 Å². The molecule has 0 spiro atoms. The van der Waals surface area contributed by atoms with Crippen molar-refractivity contribution < 1.29 is 33.8 Å². The van der Waals surface area contributed by atoms with Gasteiger partial charge in [0.2, 0.25) is 17.7 Å². The van der Waals surface area contributed by atoms with Crippen LogP contribution >= 0.6 is 0 Å². The molecule has 5 amide bonds. The zero-order chi connectivity index (χ0) is 24.4. The van der Waals surface area contributed by atoms with E-state index in [1.54, 1.807) is 0 Å². The van der Waals surface area contributed by atoms with Crippen LogP contribution in [0.2, 0.25) is 0 Å². The van der Waals surface area contributed by atoms with E-state index in [9.17, 15) is 29.1 Å². The minimum atomic E-state index is -0.997. The van der Waals surface area contributed by atoms with Crippen molar-refractivity contribution in [2.24, 2.45) is 5.41 Å². The van der Waals surface area contributed by atoms with Crippen LogP contribution in [-0.4, -0.2) is 88.6 Å². The zero-order valence-electron chi connectivity index (χ0n) is 19.0. The van der Waals surface area contributed by atoms with Gasteiger partial charge in [0.15, 0.2) is 0 Å². The molecule has 3 aliphatic rings. The third-order valence-electron chi connectivity index (χ3n) is 6.03. The second-order valence-corrected chi connectivity index (χ2v) is 9.32. The number of epoxide rings is 1. The van der Waals surface area contributed by atoms with Gasteiger partial charge in [0.05, 0.1) is 6.10 Å². The highest BCUT2D eigenvalue weighted by Crippen LogP contribution is 2.46. The molecular formula is C22H30N4O7. The van der Waals surface area contributed by atoms with Crippen LogP contribution in [0.1, 0.15) is 33.6 Å². The third-order valence-corrected chi connectivity index (χ3v) is 6.03. The number of ether oxygens (including phenoxy) is 1. The van der Waals surface area contributed by atoms with Gasteiger partial charge in [0, 0.05) is 62.7 Å². The van der Waals surface area contributed by atoms with E-state index in [4.69, 9.17) is 4.74 Å². The molecule has 3 rings (SSSR count). The number of aliphatic hydroxyl groups excluding tert-OH is 1. The number of nitrogens with zero attached hydrogens (tertiary/aromatic N) is 2. The van der Waals surface area contributed by atoms with E-state index in [1.807, 2.05) is 20.8 Å². The summed E-state index contributed by atoms with van der Waals surface area (Å²) in [7, 11) is 0. The Labute approximate surface area is 191 Å². The summed E-state index contributed by atoms with van der Waals surface area (Å²) in [6, 6.07) is 0. The van der Waals surface area contributed by atoms with Crippen LogP contribution < -0.4 is 10.6 Å². The van der Waals surface area contributed by atoms with Gasteiger partial charge in [-0.25, -0.2) is 0 Å². The third kappa shape index (κ3) is 5.85. The second-order valence-electron chi connectivity index (χ2n) is 9.32. The molecule has 0 aliphatic carbocycles. The zero-order valence-corrected chi connectivity index (χ0v) is 19.0. The van der Waals surface area contributed by atoms with Crippen LogP contribution in [0, 0.1) is 5.41 Å². The van der Waals surface area contributed by atoms with Crippen LogP contribution in [0.15, 0.2) is 24.3 Å². The number of nitrogens with one attached hydrogen (secondary N) is 2. The van der Waals surface area contributed by atoms with Gasteiger partial charge in [-0.1, -0.05) is 13.8 Å². The van der Waals surface area contributed by atoms with Gasteiger partial charge in [-0.3, -0.25) is 28.9 Å². The Morgan fingerprint density at radius 3 is 2.24 bits per heavy atom. The molecule has 3 atom stereocenters. The first-order valence-corrected chi connectivity index (χ1v) is 10.8. The number of carbonyl (C=O) groups is 5. The number of amides is 5. The lowest BCUT2D eigenvalue weighted by Gasteiger charge is -2.25. The Hall–Kier alpha value is -3.05. The lowest BCUT2D eigenvalue weighted by molar-refractivity contribution is -0.137. The molecule has 0 saturated carbocycles. The summed E-state index contributed by atoms with van der Waals surface area (Å²) in [6.45, 7) is 6.48. The summed E-state index contributed by atoms with van der Waals surface area (Å²) >= 11 is 0. The smallest absolute Gasteiger partial charge is 0.253 e. The lowest BCUT2D eigenvalue weighted by atomic mass is 9.83. The molecule has 0 aromatic heterocycles. The van der Waals surface area contributed by atoms with Crippen LogP contribution in [0.4, 0.5) is 0 Å². The van der Waals surface area contributed by atoms with E-state index in [0.717, 1.165) is 4.90 Å². The van der Waals surface area contributed by atoms with Crippen molar-refractivity contribution in [2.45, 2.75) is 51.5 Å². The molecule has 11 heteroatoms. The standard InChI is InChI=1S/C22H30N4O7/c1-21(2,12-23-14(27)8-10-25-16(29)4-5-17(25)30)20-22(3,33-20)13-24-15(28)9-11-26-18(31)6-7-19(26)32/h4-7,18,20,31H,8-13H2,1-3H3,(H,23,27)(H,24,28).